The smallest absolute Gasteiger partial charge is 0.133 e. The van der Waals surface area contributed by atoms with Gasteiger partial charge in [-0.3, -0.25) is 0 Å². The van der Waals surface area contributed by atoms with Crippen LogP contribution in [0.25, 0.3) is 0 Å². The summed E-state index contributed by atoms with van der Waals surface area (Å²) >= 11 is 0. The first-order valence-corrected chi connectivity index (χ1v) is 6.20. The molecule has 1 atom stereocenters. The third-order valence-corrected chi connectivity index (χ3v) is 3.46. The second-order valence-electron chi connectivity index (χ2n) is 5.09. The van der Waals surface area contributed by atoms with Crippen LogP contribution in [0.4, 0.5) is 0 Å². The van der Waals surface area contributed by atoms with E-state index in [-0.39, 0.29) is 0 Å². The largest absolute Gasteiger partial charge is 0.467 e. The van der Waals surface area contributed by atoms with E-state index in [0.717, 1.165) is 32.6 Å². The summed E-state index contributed by atoms with van der Waals surface area (Å²) < 4.78 is 10.5. The maximum atomic E-state index is 9.84. The summed E-state index contributed by atoms with van der Waals surface area (Å²) in [5.74, 6) is 0.620. The van der Waals surface area contributed by atoms with E-state index < -0.39 is 6.10 Å². The molecule has 0 amide bonds. The average molecular weight is 239 g/mol. The van der Waals surface area contributed by atoms with Crippen LogP contribution in [0.2, 0.25) is 0 Å². The fraction of sp³-hybridized carbons (Fsp3) is 0.692. The van der Waals surface area contributed by atoms with E-state index in [1.165, 1.54) is 0 Å². The van der Waals surface area contributed by atoms with Crippen LogP contribution in [-0.4, -0.2) is 31.4 Å². The Labute approximate surface area is 102 Å². The van der Waals surface area contributed by atoms with Gasteiger partial charge >= 0.3 is 0 Å². The molecule has 1 saturated heterocycles. The molecule has 1 aliphatic rings. The van der Waals surface area contributed by atoms with Gasteiger partial charge in [-0.05, 0) is 30.4 Å². The van der Waals surface area contributed by atoms with Crippen molar-refractivity contribution < 1.29 is 14.3 Å². The van der Waals surface area contributed by atoms with Crippen LogP contribution in [0.15, 0.2) is 22.8 Å². The highest BCUT2D eigenvalue weighted by atomic mass is 16.5. The number of furan rings is 1. The number of aliphatic hydroxyl groups is 1. The van der Waals surface area contributed by atoms with Crippen LogP contribution >= 0.6 is 0 Å². The zero-order valence-electron chi connectivity index (χ0n) is 10.3. The lowest BCUT2D eigenvalue weighted by atomic mass is 9.82. The number of ether oxygens (including phenoxy) is 1. The summed E-state index contributed by atoms with van der Waals surface area (Å²) in [5, 5.41) is 13.2. The van der Waals surface area contributed by atoms with Gasteiger partial charge in [-0.2, -0.15) is 0 Å². The lowest BCUT2D eigenvalue weighted by Crippen LogP contribution is -2.38. The van der Waals surface area contributed by atoms with E-state index in [0.29, 0.717) is 17.7 Å². The van der Waals surface area contributed by atoms with Crippen molar-refractivity contribution in [2.45, 2.75) is 25.9 Å². The summed E-state index contributed by atoms with van der Waals surface area (Å²) in [6.07, 6.45) is 3.18. The fourth-order valence-electron chi connectivity index (χ4n) is 2.13. The van der Waals surface area contributed by atoms with Crippen LogP contribution in [0.3, 0.4) is 0 Å². The molecule has 1 aliphatic heterocycles. The van der Waals surface area contributed by atoms with E-state index in [4.69, 9.17) is 9.15 Å². The zero-order valence-corrected chi connectivity index (χ0v) is 10.3. The Kier molecular flexibility index (Phi) is 4.20. The van der Waals surface area contributed by atoms with Gasteiger partial charge in [0.15, 0.2) is 0 Å². The first-order chi connectivity index (χ1) is 8.20. The van der Waals surface area contributed by atoms with Crippen LogP contribution in [0, 0.1) is 5.41 Å². The highest BCUT2D eigenvalue weighted by Gasteiger charge is 2.27. The quantitative estimate of drug-likeness (QED) is 0.821. The van der Waals surface area contributed by atoms with Gasteiger partial charge in [0.25, 0.3) is 0 Å². The van der Waals surface area contributed by atoms with Gasteiger partial charge in [-0.25, -0.2) is 0 Å². The monoisotopic (exact) mass is 239 g/mol. The van der Waals surface area contributed by atoms with Gasteiger partial charge in [0.05, 0.1) is 6.26 Å². The van der Waals surface area contributed by atoms with Crippen LogP contribution in [0.1, 0.15) is 31.6 Å². The molecule has 2 heterocycles. The molecule has 1 unspecified atom stereocenters. The Balaban J connectivity index is 1.72. The summed E-state index contributed by atoms with van der Waals surface area (Å²) in [5.41, 5.74) is 0.293. The molecule has 0 aliphatic carbocycles. The first-order valence-electron chi connectivity index (χ1n) is 6.20. The predicted molar refractivity (Wildman–Crippen MR) is 64.7 cm³/mol. The maximum Gasteiger partial charge on any atom is 0.133 e. The third kappa shape index (κ3) is 3.56. The Morgan fingerprint density at radius 3 is 2.88 bits per heavy atom. The highest BCUT2D eigenvalue weighted by molar-refractivity contribution is 5.02. The molecular weight excluding hydrogens is 218 g/mol. The second-order valence-corrected chi connectivity index (χ2v) is 5.09. The highest BCUT2D eigenvalue weighted by Crippen LogP contribution is 2.28. The van der Waals surface area contributed by atoms with Crippen molar-refractivity contribution in [3.05, 3.63) is 24.2 Å². The Bertz CT molecular complexity index is 317. The van der Waals surface area contributed by atoms with Crippen molar-refractivity contribution in [1.82, 2.24) is 5.32 Å². The molecule has 0 saturated carbocycles. The minimum atomic E-state index is -0.562. The van der Waals surface area contributed by atoms with Gasteiger partial charge in [-0.15, -0.1) is 0 Å². The van der Waals surface area contributed by atoms with Crippen molar-refractivity contribution in [3.63, 3.8) is 0 Å². The molecule has 0 spiro atoms. The number of hydrogen-bond acceptors (Lipinski definition) is 4. The summed E-state index contributed by atoms with van der Waals surface area (Å²) in [6.45, 7) is 5.40. The zero-order chi connectivity index (χ0) is 12.1. The van der Waals surface area contributed by atoms with Crippen molar-refractivity contribution >= 4 is 0 Å². The van der Waals surface area contributed by atoms with Crippen LogP contribution in [0.5, 0.6) is 0 Å². The lowest BCUT2D eigenvalue weighted by molar-refractivity contribution is 0.0223. The van der Waals surface area contributed by atoms with Crippen LogP contribution < -0.4 is 5.32 Å². The normalized spacial score (nSPS) is 21.3. The summed E-state index contributed by atoms with van der Waals surface area (Å²) in [7, 11) is 0. The van der Waals surface area contributed by atoms with E-state index in [1.807, 2.05) is 0 Å². The van der Waals surface area contributed by atoms with Gasteiger partial charge in [0.1, 0.15) is 11.9 Å². The molecule has 96 valence electrons. The topological polar surface area (TPSA) is 54.6 Å². The minimum absolute atomic E-state index is 0.293. The molecule has 17 heavy (non-hydrogen) atoms. The van der Waals surface area contributed by atoms with E-state index in [9.17, 15) is 5.11 Å². The molecule has 2 rings (SSSR count). The molecule has 2 N–H and O–H groups in total. The Hall–Kier alpha value is -0.840. The molecular formula is C13H21NO3. The third-order valence-electron chi connectivity index (χ3n) is 3.46. The van der Waals surface area contributed by atoms with Crippen LogP contribution in [-0.2, 0) is 4.74 Å². The summed E-state index contributed by atoms with van der Waals surface area (Å²) in [4.78, 5) is 0. The fourth-order valence-corrected chi connectivity index (χ4v) is 2.13. The number of hydrogen-bond donors (Lipinski definition) is 2. The number of nitrogens with one attached hydrogen (secondary N) is 1. The van der Waals surface area contributed by atoms with Crippen molar-refractivity contribution in [1.29, 1.82) is 0 Å². The molecule has 0 bridgehead atoms. The Morgan fingerprint density at radius 2 is 2.24 bits per heavy atom. The second kappa shape index (κ2) is 5.67. The maximum absolute atomic E-state index is 9.84. The standard InChI is InChI=1S/C13H21NO3/c1-13(4-7-16-8-5-13)10-14-9-11(15)12-3-2-6-17-12/h2-3,6,11,14-15H,4-5,7-10H2,1H3. The minimum Gasteiger partial charge on any atom is -0.467 e. The molecule has 0 radical (unpaired) electrons. The van der Waals surface area contributed by atoms with Gasteiger partial charge in [-0.1, -0.05) is 6.92 Å². The van der Waals surface area contributed by atoms with E-state index in [2.05, 4.69) is 12.2 Å². The lowest BCUT2D eigenvalue weighted by Gasteiger charge is -2.33. The van der Waals surface area contributed by atoms with E-state index in [1.54, 1.807) is 18.4 Å². The Morgan fingerprint density at radius 1 is 1.47 bits per heavy atom. The van der Waals surface area contributed by atoms with Gasteiger partial charge < -0.3 is 19.6 Å². The summed E-state index contributed by atoms with van der Waals surface area (Å²) in [6, 6.07) is 3.58. The van der Waals surface area contributed by atoms with Crippen molar-refractivity contribution in [2.24, 2.45) is 5.41 Å². The van der Waals surface area contributed by atoms with Gasteiger partial charge in [0, 0.05) is 26.3 Å². The number of rotatable bonds is 5. The molecule has 4 nitrogen and oxygen atoms in total. The molecule has 0 aromatic carbocycles. The molecule has 1 aromatic rings. The van der Waals surface area contributed by atoms with Crippen molar-refractivity contribution in [2.75, 3.05) is 26.3 Å². The van der Waals surface area contributed by atoms with Crippen molar-refractivity contribution in [3.8, 4) is 0 Å². The molecule has 1 fully saturated rings. The van der Waals surface area contributed by atoms with E-state index >= 15 is 0 Å². The predicted octanol–water partition coefficient (Wildman–Crippen LogP) is 1.72. The number of aliphatic hydroxyl groups excluding tert-OH is 1. The molecule has 1 aromatic heterocycles. The average Bonchev–Trinajstić information content (AvgIpc) is 2.83. The SMILES string of the molecule is CC1(CNCC(O)c2ccco2)CCOCC1. The van der Waals surface area contributed by atoms with Gasteiger partial charge in [0.2, 0.25) is 0 Å². The molecule has 4 heteroatoms. The first kappa shape index (κ1) is 12.6.